The first-order valence-corrected chi connectivity index (χ1v) is 6.35. The molecule has 1 heteroatoms. The van der Waals surface area contributed by atoms with Gasteiger partial charge < -0.3 is 0 Å². The normalized spacial score (nSPS) is 11.9. The lowest BCUT2D eigenvalue weighted by Crippen LogP contribution is -2.07. The molecule has 1 nitrogen and oxygen atoms in total. The van der Waals surface area contributed by atoms with E-state index in [1.54, 1.807) is 0 Å². The zero-order valence-electron chi connectivity index (χ0n) is 11.8. The van der Waals surface area contributed by atoms with E-state index in [0.717, 1.165) is 0 Å². The minimum atomic E-state index is 0.511. The van der Waals surface area contributed by atoms with Crippen LogP contribution in [0.5, 0.6) is 0 Å². The summed E-state index contributed by atoms with van der Waals surface area (Å²) >= 11 is 0. The first kappa shape index (κ1) is 13.2. The van der Waals surface area contributed by atoms with Crippen molar-refractivity contribution in [3.8, 4) is 0 Å². The van der Waals surface area contributed by atoms with Crippen LogP contribution in [0.1, 0.15) is 81.8 Å². The summed E-state index contributed by atoms with van der Waals surface area (Å²) in [5.41, 5.74) is 5.29. The summed E-state index contributed by atoms with van der Waals surface area (Å²) in [7, 11) is 0. The largest absolute Gasteiger partial charge is 0.257 e. The average Bonchev–Trinajstić information content (AvgIpc) is 2.15. The van der Waals surface area contributed by atoms with Crippen LogP contribution in [0.25, 0.3) is 0 Å². The Hall–Kier alpha value is -0.850. The van der Waals surface area contributed by atoms with Crippen LogP contribution in [-0.4, -0.2) is 4.98 Å². The number of hydrogen-bond acceptors (Lipinski definition) is 1. The number of rotatable bonds is 3. The van der Waals surface area contributed by atoms with Gasteiger partial charge in [-0.1, -0.05) is 47.6 Å². The van der Waals surface area contributed by atoms with Crippen molar-refractivity contribution in [2.75, 3.05) is 0 Å². The molecule has 0 aliphatic rings. The Morgan fingerprint density at radius 2 is 1.31 bits per heavy atom. The second kappa shape index (κ2) is 4.99. The molecule has 0 bridgehead atoms. The summed E-state index contributed by atoms with van der Waals surface area (Å²) in [6.07, 6.45) is 0. The van der Waals surface area contributed by atoms with E-state index in [4.69, 9.17) is 4.98 Å². The Morgan fingerprint density at radius 3 is 1.69 bits per heavy atom. The summed E-state index contributed by atoms with van der Waals surface area (Å²) in [5.74, 6) is 1.63. The first-order chi connectivity index (χ1) is 7.34. The highest BCUT2D eigenvalue weighted by Gasteiger charge is 2.15. The topological polar surface area (TPSA) is 12.9 Å². The Labute approximate surface area is 100 Å². The smallest absolute Gasteiger partial charge is 0.0466 e. The predicted molar refractivity (Wildman–Crippen MR) is 71.2 cm³/mol. The van der Waals surface area contributed by atoms with Crippen molar-refractivity contribution in [3.05, 3.63) is 28.6 Å². The maximum atomic E-state index is 4.82. The highest BCUT2D eigenvalue weighted by atomic mass is 14.7. The SMILES string of the molecule is Cc1nc(C(C)C)c(C(C)C)cc1C(C)C. The third-order valence-corrected chi connectivity index (χ3v) is 3.10. The fraction of sp³-hybridized carbons (Fsp3) is 0.667. The second-order valence-electron chi connectivity index (χ2n) is 5.60. The molecule has 0 fully saturated rings. The second-order valence-corrected chi connectivity index (χ2v) is 5.60. The minimum Gasteiger partial charge on any atom is -0.257 e. The van der Waals surface area contributed by atoms with Crippen LogP contribution in [0.4, 0.5) is 0 Å². The van der Waals surface area contributed by atoms with Gasteiger partial charge in [0, 0.05) is 11.4 Å². The Kier molecular flexibility index (Phi) is 4.12. The molecule has 1 aromatic rings. The molecule has 1 heterocycles. The third-order valence-electron chi connectivity index (χ3n) is 3.10. The van der Waals surface area contributed by atoms with E-state index in [9.17, 15) is 0 Å². The Bertz CT molecular complexity index is 362. The van der Waals surface area contributed by atoms with Gasteiger partial charge in [0.15, 0.2) is 0 Å². The van der Waals surface area contributed by atoms with Crippen LogP contribution in [0.15, 0.2) is 6.07 Å². The van der Waals surface area contributed by atoms with Crippen LogP contribution >= 0.6 is 0 Å². The summed E-state index contributed by atoms with van der Waals surface area (Å²) < 4.78 is 0. The van der Waals surface area contributed by atoms with Crippen LogP contribution in [0.3, 0.4) is 0 Å². The van der Waals surface area contributed by atoms with Gasteiger partial charge in [-0.25, -0.2) is 0 Å². The van der Waals surface area contributed by atoms with Gasteiger partial charge in [-0.15, -0.1) is 0 Å². The van der Waals surface area contributed by atoms with Crippen LogP contribution in [0.2, 0.25) is 0 Å². The van der Waals surface area contributed by atoms with Crippen molar-refractivity contribution in [1.29, 1.82) is 0 Å². The summed E-state index contributed by atoms with van der Waals surface area (Å²) in [4.78, 5) is 4.82. The quantitative estimate of drug-likeness (QED) is 0.714. The van der Waals surface area contributed by atoms with Crippen molar-refractivity contribution in [3.63, 3.8) is 0 Å². The molecular weight excluding hydrogens is 194 g/mol. The van der Waals surface area contributed by atoms with Crippen LogP contribution in [0, 0.1) is 6.92 Å². The lowest BCUT2D eigenvalue weighted by atomic mass is 9.90. The van der Waals surface area contributed by atoms with Crippen molar-refractivity contribution in [1.82, 2.24) is 4.98 Å². The number of aryl methyl sites for hydroxylation is 1. The molecule has 1 rings (SSSR count). The first-order valence-electron chi connectivity index (χ1n) is 6.35. The Morgan fingerprint density at radius 1 is 0.812 bits per heavy atom. The molecule has 0 aromatic carbocycles. The molecule has 0 spiro atoms. The van der Waals surface area contributed by atoms with Gasteiger partial charge in [-0.05, 0) is 35.8 Å². The molecule has 0 aliphatic heterocycles. The zero-order chi connectivity index (χ0) is 12.5. The minimum absolute atomic E-state index is 0.511. The highest BCUT2D eigenvalue weighted by molar-refractivity contribution is 5.35. The molecule has 0 amide bonds. The number of nitrogens with zero attached hydrogens (tertiary/aromatic N) is 1. The number of aromatic nitrogens is 1. The van der Waals surface area contributed by atoms with Gasteiger partial charge in [0.2, 0.25) is 0 Å². The van der Waals surface area contributed by atoms with Crippen molar-refractivity contribution in [2.45, 2.75) is 66.2 Å². The van der Waals surface area contributed by atoms with E-state index in [1.807, 2.05) is 0 Å². The lowest BCUT2D eigenvalue weighted by molar-refractivity contribution is 0.734. The number of pyridine rings is 1. The van der Waals surface area contributed by atoms with Crippen LogP contribution < -0.4 is 0 Å². The van der Waals surface area contributed by atoms with Crippen molar-refractivity contribution >= 4 is 0 Å². The Balaban J connectivity index is 3.37. The highest BCUT2D eigenvalue weighted by Crippen LogP contribution is 2.29. The van der Waals surface area contributed by atoms with E-state index in [0.29, 0.717) is 17.8 Å². The molecule has 0 N–H and O–H groups in total. The molecule has 16 heavy (non-hydrogen) atoms. The summed E-state index contributed by atoms with van der Waals surface area (Å²) in [6.45, 7) is 15.6. The molecule has 0 radical (unpaired) electrons. The van der Waals surface area contributed by atoms with Gasteiger partial charge >= 0.3 is 0 Å². The maximum absolute atomic E-state index is 4.82. The zero-order valence-corrected chi connectivity index (χ0v) is 11.8. The van der Waals surface area contributed by atoms with Crippen LogP contribution in [-0.2, 0) is 0 Å². The monoisotopic (exact) mass is 219 g/mol. The van der Waals surface area contributed by atoms with E-state index in [1.165, 1.54) is 22.5 Å². The predicted octanol–water partition coefficient (Wildman–Crippen LogP) is 4.76. The fourth-order valence-corrected chi connectivity index (χ4v) is 2.16. The molecule has 1 aromatic heterocycles. The van der Waals surface area contributed by atoms with Gasteiger partial charge in [-0.3, -0.25) is 4.98 Å². The van der Waals surface area contributed by atoms with Gasteiger partial charge in [0.1, 0.15) is 0 Å². The van der Waals surface area contributed by atoms with E-state index in [2.05, 4.69) is 54.5 Å². The number of hydrogen-bond donors (Lipinski definition) is 0. The van der Waals surface area contributed by atoms with E-state index in [-0.39, 0.29) is 0 Å². The van der Waals surface area contributed by atoms with Gasteiger partial charge in [-0.2, -0.15) is 0 Å². The van der Waals surface area contributed by atoms with Crippen molar-refractivity contribution < 1.29 is 0 Å². The summed E-state index contributed by atoms with van der Waals surface area (Å²) in [5, 5.41) is 0. The third kappa shape index (κ3) is 2.63. The van der Waals surface area contributed by atoms with Crippen molar-refractivity contribution in [2.24, 2.45) is 0 Å². The van der Waals surface area contributed by atoms with Gasteiger partial charge in [0.05, 0.1) is 0 Å². The molecule has 90 valence electrons. The molecule has 0 atom stereocenters. The molecule has 0 saturated carbocycles. The molecule has 0 unspecified atom stereocenters. The standard InChI is InChI=1S/C15H25N/c1-9(2)13-8-14(10(3)4)15(11(5)6)16-12(13)7/h8-11H,1-7H3. The summed E-state index contributed by atoms with van der Waals surface area (Å²) in [6, 6.07) is 2.37. The molecular formula is C15H25N. The maximum Gasteiger partial charge on any atom is 0.0466 e. The molecule has 0 saturated heterocycles. The van der Waals surface area contributed by atoms with Gasteiger partial charge in [0.25, 0.3) is 0 Å². The average molecular weight is 219 g/mol. The fourth-order valence-electron chi connectivity index (χ4n) is 2.16. The van der Waals surface area contributed by atoms with E-state index >= 15 is 0 Å². The van der Waals surface area contributed by atoms with E-state index < -0.39 is 0 Å². The lowest BCUT2D eigenvalue weighted by Gasteiger charge is -2.19. The molecule has 0 aliphatic carbocycles.